The zero-order chi connectivity index (χ0) is 15.1. The van der Waals surface area contributed by atoms with Crippen molar-refractivity contribution >= 4 is 15.9 Å². The lowest BCUT2D eigenvalue weighted by atomic mass is 10.1. The Morgan fingerprint density at radius 1 is 1.24 bits per heavy atom. The number of ether oxygens (including phenoxy) is 2. The average Bonchev–Trinajstić information content (AvgIpc) is 2.51. The molecule has 0 spiro atoms. The topological polar surface area (TPSA) is 75.4 Å². The van der Waals surface area contributed by atoms with Gasteiger partial charge < -0.3 is 14.6 Å². The SMILES string of the molecule is N#Cc1ccc(COc2cccc(Br)n2)c(OCCO)c1. The first-order valence-corrected chi connectivity index (χ1v) is 7.04. The second kappa shape index (κ2) is 7.62. The van der Waals surface area contributed by atoms with Crippen LogP contribution in [0.25, 0.3) is 0 Å². The summed E-state index contributed by atoms with van der Waals surface area (Å²) in [6.07, 6.45) is 0. The van der Waals surface area contributed by atoms with Crippen LogP contribution in [-0.2, 0) is 6.61 Å². The van der Waals surface area contributed by atoms with Gasteiger partial charge in [-0.25, -0.2) is 4.98 Å². The van der Waals surface area contributed by atoms with E-state index < -0.39 is 0 Å². The first-order valence-electron chi connectivity index (χ1n) is 6.25. The second-order valence-corrected chi connectivity index (χ2v) is 4.91. The van der Waals surface area contributed by atoms with E-state index in [1.807, 2.05) is 12.1 Å². The van der Waals surface area contributed by atoms with Crippen LogP contribution >= 0.6 is 15.9 Å². The van der Waals surface area contributed by atoms with Crippen molar-refractivity contribution in [3.63, 3.8) is 0 Å². The summed E-state index contributed by atoms with van der Waals surface area (Å²) in [7, 11) is 0. The molecule has 1 N–H and O–H groups in total. The number of benzene rings is 1. The normalized spacial score (nSPS) is 9.95. The Hall–Kier alpha value is -2.10. The van der Waals surface area contributed by atoms with Gasteiger partial charge in [0.05, 0.1) is 18.2 Å². The zero-order valence-corrected chi connectivity index (χ0v) is 12.7. The third-order valence-electron chi connectivity index (χ3n) is 2.61. The van der Waals surface area contributed by atoms with Crippen molar-refractivity contribution in [1.29, 1.82) is 5.26 Å². The molecule has 21 heavy (non-hydrogen) atoms. The monoisotopic (exact) mass is 348 g/mol. The van der Waals surface area contributed by atoms with Crippen molar-refractivity contribution in [2.45, 2.75) is 6.61 Å². The lowest BCUT2D eigenvalue weighted by Gasteiger charge is -2.12. The molecule has 0 aliphatic heterocycles. The fourth-order valence-electron chi connectivity index (χ4n) is 1.66. The molecule has 108 valence electrons. The minimum Gasteiger partial charge on any atom is -0.491 e. The van der Waals surface area contributed by atoms with Gasteiger partial charge >= 0.3 is 0 Å². The average molecular weight is 349 g/mol. The number of aliphatic hydroxyl groups excluding tert-OH is 1. The summed E-state index contributed by atoms with van der Waals surface area (Å²) >= 11 is 3.28. The number of aliphatic hydroxyl groups is 1. The number of hydrogen-bond donors (Lipinski definition) is 1. The summed E-state index contributed by atoms with van der Waals surface area (Å²) in [4.78, 5) is 4.18. The van der Waals surface area contributed by atoms with Gasteiger partial charge in [0.15, 0.2) is 0 Å². The van der Waals surface area contributed by atoms with Crippen LogP contribution in [0, 0.1) is 11.3 Å². The van der Waals surface area contributed by atoms with E-state index in [0.29, 0.717) is 21.8 Å². The van der Waals surface area contributed by atoms with E-state index >= 15 is 0 Å². The van der Waals surface area contributed by atoms with E-state index in [2.05, 4.69) is 27.0 Å². The van der Waals surface area contributed by atoms with Crippen molar-refractivity contribution in [2.24, 2.45) is 0 Å². The van der Waals surface area contributed by atoms with Crippen LogP contribution in [0.4, 0.5) is 0 Å². The first kappa shape index (κ1) is 15.3. The van der Waals surface area contributed by atoms with Crippen molar-refractivity contribution in [2.75, 3.05) is 13.2 Å². The Labute approximate surface area is 130 Å². The van der Waals surface area contributed by atoms with Gasteiger partial charge in [-0.1, -0.05) is 12.1 Å². The molecule has 1 heterocycles. The molecule has 0 aliphatic carbocycles. The molecule has 0 atom stereocenters. The summed E-state index contributed by atoms with van der Waals surface area (Å²) in [6.45, 7) is 0.331. The molecule has 0 aliphatic rings. The van der Waals surface area contributed by atoms with Gasteiger partial charge in [-0.3, -0.25) is 0 Å². The smallest absolute Gasteiger partial charge is 0.214 e. The number of rotatable bonds is 6. The number of pyridine rings is 1. The van der Waals surface area contributed by atoms with Crippen molar-refractivity contribution < 1.29 is 14.6 Å². The van der Waals surface area contributed by atoms with Crippen LogP contribution in [0.2, 0.25) is 0 Å². The van der Waals surface area contributed by atoms with Crippen LogP contribution in [-0.4, -0.2) is 23.3 Å². The molecule has 0 saturated carbocycles. The number of halogens is 1. The van der Waals surface area contributed by atoms with Gasteiger partial charge in [0.1, 0.15) is 23.6 Å². The minimum atomic E-state index is -0.0930. The van der Waals surface area contributed by atoms with Gasteiger partial charge in [-0.15, -0.1) is 0 Å². The highest BCUT2D eigenvalue weighted by atomic mass is 79.9. The van der Waals surface area contributed by atoms with Crippen LogP contribution in [0.1, 0.15) is 11.1 Å². The van der Waals surface area contributed by atoms with Gasteiger partial charge in [0.2, 0.25) is 5.88 Å². The molecule has 0 saturated heterocycles. The quantitative estimate of drug-likeness (QED) is 0.812. The number of aromatic nitrogens is 1. The van der Waals surface area contributed by atoms with Gasteiger partial charge in [0.25, 0.3) is 0 Å². The summed E-state index contributed by atoms with van der Waals surface area (Å²) in [5.41, 5.74) is 1.27. The lowest BCUT2D eigenvalue weighted by molar-refractivity contribution is 0.197. The van der Waals surface area contributed by atoms with E-state index in [1.165, 1.54) is 0 Å². The summed E-state index contributed by atoms with van der Waals surface area (Å²) in [5.74, 6) is 1.01. The molecule has 1 aromatic heterocycles. The number of nitrogens with zero attached hydrogens (tertiary/aromatic N) is 2. The van der Waals surface area contributed by atoms with Gasteiger partial charge in [-0.05, 0) is 34.1 Å². The Kier molecular flexibility index (Phi) is 5.55. The highest BCUT2D eigenvalue weighted by Crippen LogP contribution is 2.22. The summed E-state index contributed by atoms with van der Waals surface area (Å²) < 4.78 is 11.7. The first-order chi connectivity index (χ1) is 10.2. The fraction of sp³-hybridized carbons (Fsp3) is 0.200. The maximum atomic E-state index is 8.92. The predicted octanol–water partition coefficient (Wildman–Crippen LogP) is 2.67. The number of hydrogen-bond acceptors (Lipinski definition) is 5. The Balaban J connectivity index is 2.13. The Morgan fingerprint density at radius 3 is 2.81 bits per heavy atom. The van der Waals surface area contributed by atoms with Gasteiger partial charge in [0, 0.05) is 11.6 Å². The van der Waals surface area contributed by atoms with Crippen LogP contribution in [0.3, 0.4) is 0 Å². The number of nitriles is 1. The van der Waals surface area contributed by atoms with Gasteiger partial charge in [-0.2, -0.15) is 5.26 Å². The molecule has 5 nitrogen and oxygen atoms in total. The van der Waals surface area contributed by atoms with Crippen molar-refractivity contribution in [3.05, 3.63) is 52.1 Å². The standard InChI is InChI=1S/C15H13BrN2O3/c16-14-2-1-3-15(18-14)21-10-12-5-4-11(9-17)8-13(12)20-7-6-19/h1-5,8,19H,6-7,10H2. The zero-order valence-electron chi connectivity index (χ0n) is 11.1. The van der Waals surface area contributed by atoms with E-state index in [1.54, 1.807) is 24.3 Å². The third-order valence-corrected chi connectivity index (χ3v) is 3.05. The summed E-state index contributed by atoms with van der Waals surface area (Å²) in [5, 5.41) is 17.8. The molecule has 2 aromatic rings. The molecule has 0 fully saturated rings. The van der Waals surface area contributed by atoms with Crippen LogP contribution in [0.5, 0.6) is 11.6 Å². The molecule has 2 rings (SSSR count). The Morgan fingerprint density at radius 2 is 2.10 bits per heavy atom. The third kappa shape index (κ3) is 4.45. The maximum absolute atomic E-state index is 8.92. The largest absolute Gasteiger partial charge is 0.491 e. The molecular weight excluding hydrogens is 336 g/mol. The van der Waals surface area contributed by atoms with E-state index in [-0.39, 0.29) is 19.8 Å². The Bertz CT molecular complexity index is 656. The molecule has 0 amide bonds. The van der Waals surface area contributed by atoms with E-state index in [4.69, 9.17) is 19.8 Å². The predicted molar refractivity (Wildman–Crippen MR) is 80.0 cm³/mol. The van der Waals surface area contributed by atoms with E-state index in [0.717, 1.165) is 5.56 Å². The lowest BCUT2D eigenvalue weighted by Crippen LogP contribution is -2.06. The van der Waals surface area contributed by atoms with Crippen LogP contribution < -0.4 is 9.47 Å². The maximum Gasteiger partial charge on any atom is 0.214 e. The molecular formula is C15H13BrN2O3. The molecule has 1 aromatic carbocycles. The fourth-order valence-corrected chi connectivity index (χ4v) is 1.98. The molecule has 0 unspecified atom stereocenters. The van der Waals surface area contributed by atoms with Crippen molar-refractivity contribution in [1.82, 2.24) is 4.98 Å². The highest BCUT2D eigenvalue weighted by Gasteiger charge is 2.07. The highest BCUT2D eigenvalue weighted by molar-refractivity contribution is 9.10. The molecule has 6 heteroatoms. The minimum absolute atomic E-state index is 0.0930. The van der Waals surface area contributed by atoms with Crippen molar-refractivity contribution in [3.8, 4) is 17.7 Å². The molecule has 0 radical (unpaired) electrons. The molecule has 0 bridgehead atoms. The van der Waals surface area contributed by atoms with Crippen LogP contribution in [0.15, 0.2) is 41.0 Å². The van der Waals surface area contributed by atoms with E-state index in [9.17, 15) is 0 Å². The second-order valence-electron chi connectivity index (χ2n) is 4.09. The summed E-state index contributed by atoms with van der Waals surface area (Å²) in [6, 6.07) is 12.5.